The number of hydrogen-bond acceptors (Lipinski definition) is 1. The molecule has 0 aromatic carbocycles. The Bertz CT molecular complexity index is 731. The molecule has 0 spiro atoms. The molecule has 1 nitrogen and oxygen atoms in total. The van der Waals surface area contributed by atoms with Gasteiger partial charge in [0.25, 0.3) is 0 Å². The third-order valence-electron chi connectivity index (χ3n) is 14.4. The lowest BCUT2D eigenvalue weighted by atomic mass is 10.0. The molecule has 4 atom stereocenters. The maximum Gasteiger partial charge on any atom is 0.0431 e. The normalized spacial score (nSPS) is 19.1. The number of rotatable bonds is 48. The van der Waals surface area contributed by atoms with Gasteiger partial charge < -0.3 is 5.11 Å². The number of aliphatic hydroxyl groups is 1. The number of hydrogen-bond donors (Lipinski definition) is 1. The SMILES string of the molecule is CCCCCCCCCCCCCCCCCCCC[C@H]1C[C@H]1CCCCCCCCCCCCCC[C@@H]1C[C@@H]1CCCCCCCCCCCCCCO. The Balaban J connectivity index is 1.15. The van der Waals surface area contributed by atoms with Gasteiger partial charge in [0.1, 0.15) is 0 Å². The second-order valence-electron chi connectivity index (χ2n) is 19.9. The Morgan fingerprint density at radius 2 is 0.400 bits per heavy atom. The summed E-state index contributed by atoms with van der Waals surface area (Å²) in [5.74, 6) is 4.48. The van der Waals surface area contributed by atoms with Gasteiger partial charge in [0.2, 0.25) is 0 Å². The summed E-state index contributed by atoms with van der Waals surface area (Å²) in [4.78, 5) is 0. The predicted octanol–water partition coefficient (Wildman–Crippen LogP) is 19.2. The van der Waals surface area contributed by atoms with Crippen LogP contribution in [0.3, 0.4) is 0 Å². The summed E-state index contributed by atoms with van der Waals surface area (Å²) in [6.45, 7) is 2.69. The topological polar surface area (TPSA) is 20.2 Å². The molecule has 0 amide bonds. The molecule has 0 unspecified atom stereocenters. The summed E-state index contributed by atoms with van der Waals surface area (Å²) in [5.41, 5.74) is 0. The average molecular weight is 771 g/mol. The van der Waals surface area contributed by atoms with E-state index in [-0.39, 0.29) is 0 Å². The zero-order valence-electron chi connectivity index (χ0n) is 38.4. The Morgan fingerprint density at radius 1 is 0.236 bits per heavy atom. The van der Waals surface area contributed by atoms with Gasteiger partial charge in [-0.3, -0.25) is 0 Å². The summed E-state index contributed by atoms with van der Waals surface area (Å²) in [6, 6.07) is 0. The summed E-state index contributed by atoms with van der Waals surface area (Å²) >= 11 is 0. The Hall–Kier alpha value is -0.0400. The van der Waals surface area contributed by atoms with Gasteiger partial charge in [0, 0.05) is 6.61 Å². The van der Waals surface area contributed by atoms with Crippen LogP contribution in [0.1, 0.15) is 315 Å². The highest BCUT2D eigenvalue weighted by molar-refractivity contribution is 4.86. The molecule has 2 rings (SSSR count). The van der Waals surface area contributed by atoms with Crippen molar-refractivity contribution in [1.29, 1.82) is 0 Å². The van der Waals surface area contributed by atoms with Crippen LogP contribution in [-0.4, -0.2) is 11.7 Å². The molecule has 0 bridgehead atoms. The minimum absolute atomic E-state index is 0.377. The van der Waals surface area contributed by atoms with Crippen molar-refractivity contribution in [2.75, 3.05) is 6.61 Å². The Labute approximate surface area is 349 Å². The predicted molar refractivity (Wildman–Crippen MR) is 248 cm³/mol. The zero-order valence-corrected chi connectivity index (χ0v) is 38.4. The van der Waals surface area contributed by atoms with E-state index in [1.165, 1.54) is 263 Å². The van der Waals surface area contributed by atoms with Crippen LogP contribution in [0.4, 0.5) is 0 Å². The smallest absolute Gasteiger partial charge is 0.0431 e. The van der Waals surface area contributed by atoms with Crippen molar-refractivity contribution in [3.05, 3.63) is 0 Å². The summed E-state index contributed by atoms with van der Waals surface area (Å²) in [5, 5.41) is 8.84. The van der Waals surface area contributed by atoms with Crippen LogP contribution < -0.4 is 0 Å². The standard InChI is InChI=1S/C54H106O/c1-2-3-4-5-6-7-8-9-10-11-12-13-14-19-24-29-34-39-44-51-49-52(51)45-40-35-30-25-20-15-16-21-26-31-36-41-46-53-50-54(53)47-42-37-32-27-22-17-18-23-28-33-38-43-48-55/h51-55H,2-50H2,1H3/t51-,52+,53+,54-/m0/s1. The quantitative estimate of drug-likeness (QED) is 0.0611. The van der Waals surface area contributed by atoms with E-state index in [2.05, 4.69) is 6.92 Å². The second kappa shape index (κ2) is 40.7. The third kappa shape index (κ3) is 35.6. The van der Waals surface area contributed by atoms with E-state index in [0.29, 0.717) is 6.61 Å². The van der Waals surface area contributed by atoms with Crippen molar-refractivity contribution in [1.82, 2.24) is 0 Å². The fourth-order valence-corrected chi connectivity index (χ4v) is 10.2. The fraction of sp³-hybridized carbons (Fsp3) is 1.00. The molecule has 0 saturated heterocycles. The molecule has 1 N–H and O–H groups in total. The Kier molecular flexibility index (Phi) is 37.8. The largest absolute Gasteiger partial charge is 0.396 e. The molecule has 2 aliphatic rings. The first kappa shape index (κ1) is 51.1. The van der Waals surface area contributed by atoms with Gasteiger partial charge >= 0.3 is 0 Å². The van der Waals surface area contributed by atoms with Gasteiger partial charge in [-0.2, -0.15) is 0 Å². The number of aliphatic hydroxyl groups excluding tert-OH is 1. The molecule has 0 radical (unpaired) electrons. The van der Waals surface area contributed by atoms with Gasteiger partial charge in [-0.1, -0.05) is 296 Å². The first-order valence-electron chi connectivity index (χ1n) is 27.0. The molecule has 55 heavy (non-hydrogen) atoms. The molecule has 2 saturated carbocycles. The van der Waals surface area contributed by atoms with E-state index >= 15 is 0 Å². The molecule has 1 heteroatoms. The van der Waals surface area contributed by atoms with E-state index in [4.69, 9.17) is 5.11 Å². The molecule has 0 aliphatic heterocycles. The lowest BCUT2D eigenvalue weighted by Gasteiger charge is -2.05. The third-order valence-corrected chi connectivity index (χ3v) is 14.4. The van der Waals surface area contributed by atoms with Gasteiger partial charge in [-0.05, 0) is 42.9 Å². The van der Waals surface area contributed by atoms with Crippen molar-refractivity contribution in [2.45, 2.75) is 315 Å². The molecule has 0 aromatic heterocycles. The van der Waals surface area contributed by atoms with Crippen LogP contribution in [0.25, 0.3) is 0 Å². The van der Waals surface area contributed by atoms with E-state index in [0.717, 1.165) is 30.1 Å². The van der Waals surface area contributed by atoms with Gasteiger partial charge in [-0.15, -0.1) is 0 Å². The summed E-state index contributed by atoms with van der Waals surface area (Å²) < 4.78 is 0. The lowest BCUT2D eigenvalue weighted by molar-refractivity contribution is 0.282. The first-order chi connectivity index (χ1) is 27.3. The number of unbranched alkanes of at least 4 members (excludes halogenated alkanes) is 39. The van der Waals surface area contributed by atoms with Crippen LogP contribution in [0.5, 0.6) is 0 Å². The van der Waals surface area contributed by atoms with Crippen molar-refractivity contribution >= 4 is 0 Å². The molecule has 0 heterocycles. The van der Waals surface area contributed by atoms with E-state index in [1.54, 1.807) is 38.5 Å². The van der Waals surface area contributed by atoms with Crippen molar-refractivity contribution < 1.29 is 5.11 Å². The van der Waals surface area contributed by atoms with Crippen LogP contribution in [0.15, 0.2) is 0 Å². The lowest BCUT2D eigenvalue weighted by Crippen LogP contribution is -1.88. The van der Waals surface area contributed by atoms with Crippen LogP contribution in [-0.2, 0) is 0 Å². The summed E-state index contributed by atoms with van der Waals surface area (Å²) in [6.07, 6.45) is 70.8. The zero-order chi connectivity index (χ0) is 39.0. The van der Waals surface area contributed by atoms with Gasteiger partial charge in [0.05, 0.1) is 0 Å². The highest BCUT2D eigenvalue weighted by Crippen LogP contribution is 2.46. The van der Waals surface area contributed by atoms with E-state index < -0.39 is 0 Å². The Morgan fingerprint density at radius 3 is 0.582 bits per heavy atom. The minimum Gasteiger partial charge on any atom is -0.396 e. The highest BCUT2D eigenvalue weighted by Gasteiger charge is 2.35. The van der Waals surface area contributed by atoms with Gasteiger partial charge in [-0.25, -0.2) is 0 Å². The first-order valence-corrected chi connectivity index (χ1v) is 27.0. The summed E-state index contributed by atoms with van der Waals surface area (Å²) in [7, 11) is 0. The molecule has 0 aromatic rings. The van der Waals surface area contributed by atoms with Crippen molar-refractivity contribution in [3.8, 4) is 0 Å². The highest BCUT2D eigenvalue weighted by atomic mass is 16.2. The van der Waals surface area contributed by atoms with Crippen LogP contribution >= 0.6 is 0 Å². The maximum absolute atomic E-state index is 8.84. The monoisotopic (exact) mass is 771 g/mol. The molecular formula is C54H106O. The maximum atomic E-state index is 8.84. The molecule has 2 aliphatic carbocycles. The van der Waals surface area contributed by atoms with Gasteiger partial charge in [0.15, 0.2) is 0 Å². The van der Waals surface area contributed by atoms with E-state index in [9.17, 15) is 0 Å². The van der Waals surface area contributed by atoms with Crippen molar-refractivity contribution in [2.24, 2.45) is 23.7 Å². The fourth-order valence-electron chi connectivity index (χ4n) is 10.2. The van der Waals surface area contributed by atoms with Crippen molar-refractivity contribution in [3.63, 3.8) is 0 Å². The molecular weight excluding hydrogens is 665 g/mol. The van der Waals surface area contributed by atoms with E-state index in [1.807, 2.05) is 0 Å². The average Bonchev–Trinajstić information content (AvgIpc) is 4.13. The molecule has 328 valence electrons. The minimum atomic E-state index is 0.377. The van der Waals surface area contributed by atoms with Crippen LogP contribution in [0, 0.1) is 23.7 Å². The second-order valence-corrected chi connectivity index (χ2v) is 19.9. The van der Waals surface area contributed by atoms with Crippen LogP contribution in [0.2, 0.25) is 0 Å². The molecule has 2 fully saturated rings.